The van der Waals surface area contributed by atoms with Crippen LogP contribution in [-0.4, -0.2) is 31.7 Å². The minimum Gasteiger partial charge on any atom is -0.345 e. The second-order valence-electron chi connectivity index (χ2n) is 8.24. The summed E-state index contributed by atoms with van der Waals surface area (Å²) in [5.41, 5.74) is 4.59. The molecule has 0 spiro atoms. The SMILES string of the molecule is CCC(NC(=O)c1cc(S(=O)(=O)N2CCCCC2)ccc1C)c1ccc(C)cc1C. The number of carbonyl (C=O) groups excluding carboxylic acids is 1. The number of aryl methyl sites for hydroxylation is 3. The van der Waals surface area contributed by atoms with Crippen molar-refractivity contribution in [1.29, 1.82) is 0 Å². The summed E-state index contributed by atoms with van der Waals surface area (Å²) in [6.07, 6.45) is 3.57. The smallest absolute Gasteiger partial charge is 0.252 e. The van der Waals surface area contributed by atoms with E-state index >= 15 is 0 Å². The Morgan fingerprint density at radius 2 is 1.70 bits per heavy atom. The van der Waals surface area contributed by atoms with Gasteiger partial charge in [0.1, 0.15) is 0 Å². The van der Waals surface area contributed by atoms with Crippen molar-refractivity contribution in [3.8, 4) is 0 Å². The van der Waals surface area contributed by atoms with Gasteiger partial charge in [-0.1, -0.05) is 43.2 Å². The van der Waals surface area contributed by atoms with E-state index in [1.165, 1.54) is 15.9 Å². The fourth-order valence-corrected chi connectivity index (χ4v) is 5.66. The Bertz CT molecular complexity index is 1020. The Balaban J connectivity index is 1.87. The highest BCUT2D eigenvalue weighted by Gasteiger charge is 2.27. The fourth-order valence-electron chi connectivity index (χ4n) is 4.11. The first-order chi connectivity index (χ1) is 14.2. The standard InChI is InChI=1S/C24H32N2O3S/c1-5-23(21-12-9-17(2)15-19(21)4)25-24(27)22-16-20(11-10-18(22)3)30(28,29)26-13-7-6-8-14-26/h9-12,15-16,23H,5-8,13-14H2,1-4H3,(H,25,27). The van der Waals surface area contributed by atoms with E-state index in [4.69, 9.17) is 0 Å². The van der Waals surface area contributed by atoms with E-state index in [0.29, 0.717) is 18.7 Å². The molecule has 1 N–H and O–H groups in total. The summed E-state index contributed by atoms with van der Waals surface area (Å²) in [6, 6.07) is 11.0. The molecule has 1 saturated heterocycles. The summed E-state index contributed by atoms with van der Waals surface area (Å²) in [5, 5.41) is 3.11. The Kier molecular flexibility index (Phi) is 6.98. The monoisotopic (exact) mass is 428 g/mol. The second-order valence-corrected chi connectivity index (χ2v) is 10.2. The van der Waals surface area contributed by atoms with Gasteiger partial charge in [0, 0.05) is 18.7 Å². The molecule has 2 aromatic carbocycles. The number of carbonyl (C=O) groups is 1. The molecule has 3 rings (SSSR count). The van der Waals surface area contributed by atoms with Gasteiger partial charge in [0.25, 0.3) is 5.91 Å². The maximum Gasteiger partial charge on any atom is 0.252 e. The predicted octanol–water partition coefficient (Wildman–Crippen LogP) is 4.67. The zero-order valence-electron chi connectivity index (χ0n) is 18.4. The first-order valence-corrected chi connectivity index (χ1v) is 12.2. The summed E-state index contributed by atoms with van der Waals surface area (Å²) >= 11 is 0. The van der Waals surface area contributed by atoms with Crippen LogP contribution in [0.2, 0.25) is 0 Å². The van der Waals surface area contributed by atoms with E-state index in [2.05, 4.69) is 17.4 Å². The molecular formula is C24H32N2O3S. The van der Waals surface area contributed by atoms with Gasteiger partial charge >= 0.3 is 0 Å². The van der Waals surface area contributed by atoms with Crippen LogP contribution in [0.4, 0.5) is 0 Å². The van der Waals surface area contributed by atoms with Crippen LogP contribution in [0.5, 0.6) is 0 Å². The average Bonchev–Trinajstić information content (AvgIpc) is 2.73. The summed E-state index contributed by atoms with van der Waals surface area (Å²) in [5.74, 6) is -0.241. The van der Waals surface area contributed by atoms with Crippen molar-refractivity contribution in [3.05, 3.63) is 64.2 Å². The van der Waals surface area contributed by atoms with Crippen molar-refractivity contribution >= 4 is 15.9 Å². The van der Waals surface area contributed by atoms with Gasteiger partial charge in [0.05, 0.1) is 10.9 Å². The van der Waals surface area contributed by atoms with Crippen LogP contribution in [0.3, 0.4) is 0 Å². The lowest BCUT2D eigenvalue weighted by Gasteiger charge is -2.26. The lowest BCUT2D eigenvalue weighted by Crippen LogP contribution is -2.36. The normalized spacial score (nSPS) is 16.3. The highest BCUT2D eigenvalue weighted by atomic mass is 32.2. The van der Waals surface area contributed by atoms with Crippen LogP contribution >= 0.6 is 0 Å². The number of nitrogens with one attached hydrogen (secondary N) is 1. The molecule has 1 amide bonds. The number of sulfonamides is 1. The summed E-state index contributed by atoms with van der Waals surface area (Å²) < 4.78 is 27.6. The van der Waals surface area contributed by atoms with Crippen molar-refractivity contribution in [2.45, 2.75) is 64.3 Å². The third-order valence-electron chi connectivity index (χ3n) is 5.92. The highest BCUT2D eigenvalue weighted by Crippen LogP contribution is 2.25. The van der Waals surface area contributed by atoms with Crippen LogP contribution in [0.15, 0.2) is 41.3 Å². The van der Waals surface area contributed by atoms with E-state index in [9.17, 15) is 13.2 Å². The molecule has 1 unspecified atom stereocenters. The molecule has 1 aliphatic rings. The molecule has 1 fully saturated rings. The molecule has 0 aliphatic carbocycles. The summed E-state index contributed by atoms with van der Waals surface area (Å²) in [6.45, 7) is 9.06. The topological polar surface area (TPSA) is 66.5 Å². The highest BCUT2D eigenvalue weighted by molar-refractivity contribution is 7.89. The van der Waals surface area contributed by atoms with Gasteiger partial charge in [0.15, 0.2) is 0 Å². The first kappa shape index (κ1) is 22.5. The minimum absolute atomic E-state index is 0.125. The van der Waals surface area contributed by atoms with Crippen molar-refractivity contribution in [1.82, 2.24) is 9.62 Å². The second kappa shape index (κ2) is 9.31. The van der Waals surface area contributed by atoms with Crippen LogP contribution in [0, 0.1) is 20.8 Å². The zero-order valence-corrected chi connectivity index (χ0v) is 19.2. The Labute approximate surface area is 180 Å². The molecule has 1 heterocycles. The number of amides is 1. The van der Waals surface area contributed by atoms with E-state index in [-0.39, 0.29) is 16.8 Å². The summed E-state index contributed by atoms with van der Waals surface area (Å²) in [4.78, 5) is 13.3. The van der Waals surface area contributed by atoms with Gasteiger partial charge < -0.3 is 5.32 Å². The van der Waals surface area contributed by atoms with Crippen LogP contribution in [0.1, 0.15) is 71.3 Å². The predicted molar refractivity (Wildman–Crippen MR) is 120 cm³/mol. The molecule has 0 bridgehead atoms. The van der Waals surface area contributed by atoms with Crippen molar-refractivity contribution in [2.24, 2.45) is 0 Å². The van der Waals surface area contributed by atoms with Gasteiger partial charge in [-0.2, -0.15) is 4.31 Å². The number of hydrogen-bond acceptors (Lipinski definition) is 3. The van der Waals surface area contributed by atoms with Crippen molar-refractivity contribution < 1.29 is 13.2 Å². The fraction of sp³-hybridized carbons (Fsp3) is 0.458. The maximum atomic E-state index is 13.1. The minimum atomic E-state index is -3.58. The lowest BCUT2D eigenvalue weighted by molar-refractivity contribution is 0.0934. The van der Waals surface area contributed by atoms with E-state index in [1.54, 1.807) is 12.1 Å². The molecule has 1 atom stereocenters. The van der Waals surface area contributed by atoms with Crippen LogP contribution < -0.4 is 5.32 Å². The van der Waals surface area contributed by atoms with Crippen LogP contribution in [-0.2, 0) is 10.0 Å². The van der Waals surface area contributed by atoms with Gasteiger partial charge in [0.2, 0.25) is 10.0 Å². The molecule has 0 aromatic heterocycles. The largest absolute Gasteiger partial charge is 0.345 e. The molecular weight excluding hydrogens is 396 g/mol. The van der Waals surface area contributed by atoms with Gasteiger partial charge in [-0.15, -0.1) is 0 Å². The van der Waals surface area contributed by atoms with Crippen molar-refractivity contribution in [2.75, 3.05) is 13.1 Å². The van der Waals surface area contributed by atoms with Crippen molar-refractivity contribution in [3.63, 3.8) is 0 Å². The lowest BCUT2D eigenvalue weighted by atomic mass is 9.97. The number of rotatable bonds is 6. The summed E-state index contributed by atoms with van der Waals surface area (Å²) in [7, 11) is -3.58. The molecule has 6 heteroatoms. The Hall–Kier alpha value is -2.18. The molecule has 0 radical (unpaired) electrons. The number of piperidine rings is 1. The average molecular weight is 429 g/mol. The molecule has 2 aromatic rings. The maximum absolute atomic E-state index is 13.1. The number of hydrogen-bond donors (Lipinski definition) is 1. The molecule has 30 heavy (non-hydrogen) atoms. The third kappa shape index (κ3) is 4.76. The third-order valence-corrected chi connectivity index (χ3v) is 7.82. The first-order valence-electron chi connectivity index (χ1n) is 10.7. The van der Waals surface area contributed by atoms with Gasteiger partial charge in [-0.3, -0.25) is 4.79 Å². The molecule has 162 valence electrons. The van der Waals surface area contributed by atoms with Gasteiger partial charge in [-0.25, -0.2) is 8.42 Å². The Morgan fingerprint density at radius 1 is 1.00 bits per heavy atom. The quantitative estimate of drug-likeness (QED) is 0.727. The van der Waals surface area contributed by atoms with Gasteiger partial charge in [-0.05, 0) is 68.9 Å². The molecule has 5 nitrogen and oxygen atoms in total. The van der Waals surface area contributed by atoms with Crippen LogP contribution in [0.25, 0.3) is 0 Å². The Morgan fingerprint density at radius 3 is 2.33 bits per heavy atom. The molecule has 0 saturated carbocycles. The van der Waals surface area contributed by atoms with E-state index in [0.717, 1.165) is 42.4 Å². The number of nitrogens with zero attached hydrogens (tertiary/aromatic N) is 1. The van der Waals surface area contributed by atoms with E-state index in [1.807, 2.05) is 33.8 Å². The zero-order chi connectivity index (χ0) is 21.9. The van der Waals surface area contributed by atoms with E-state index < -0.39 is 10.0 Å². The number of benzene rings is 2. The molecule has 1 aliphatic heterocycles.